The lowest BCUT2D eigenvalue weighted by Crippen LogP contribution is -2.38. The predicted octanol–water partition coefficient (Wildman–Crippen LogP) is 6.37. The maximum absolute atomic E-state index is 14.0. The summed E-state index contributed by atoms with van der Waals surface area (Å²) >= 11 is 0. The number of aryl methyl sites for hydroxylation is 4. The van der Waals surface area contributed by atoms with Crippen LogP contribution in [0, 0.1) is 27.7 Å². The monoisotopic (exact) mass is 626 g/mol. The normalized spacial score (nSPS) is 13.3. The first-order valence-corrected chi connectivity index (χ1v) is 15.4. The standard InChI is InChI=1S/C36H42N4O6/c1-24-8-7-9-25(2)35(24)46-36(41)40(30-11-10-29(42-5)23-31(30)43-6)33-12-13-37-32(38-33)22-28-20-26(3)34(27(4)21-28)45-19-16-39-14-17-44-18-15-39/h7-13,20-21,23H,14-19,22H2,1-6H3. The maximum atomic E-state index is 14.0. The van der Waals surface area contributed by atoms with E-state index >= 15 is 0 Å². The molecular formula is C36H42N4O6. The molecule has 5 rings (SSSR count). The molecule has 0 N–H and O–H groups in total. The van der Waals surface area contributed by atoms with Gasteiger partial charge in [-0.05, 0) is 73.7 Å². The van der Waals surface area contributed by atoms with E-state index in [1.165, 1.54) is 4.90 Å². The van der Waals surface area contributed by atoms with E-state index < -0.39 is 6.09 Å². The Morgan fingerprint density at radius 2 is 1.61 bits per heavy atom. The molecule has 1 amide bonds. The number of carbonyl (C=O) groups is 1. The molecule has 0 radical (unpaired) electrons. The minimum atomic E-state index is -0.629. The third-order valence-electron chi connectivity index (χ3n) is 7.97. The van der Waals surface area contributed by atoms with Crippen molar-refractivity contribution < 1.29 is 28.5 Å². The zero-order valence-corrected chi connectivity index (χ0v) is 27.5. The van der Waals surface area contributed by atoms with Crippen LogP contribution in [-0.2, 0) is 11.2 Å². The van der Waals surface area contributed by atoms with Crippen LogP contribution in [0.5, 0.6) is 23.0 Å². The van der Waals surface area contributed by atoms with Crippen LogP contribution in [0.25, 0.3) is 0 Å². The molecule has 2 heterocycles. The number of rotatable bonds is 11. The van der Waals surface area contributed by atoms with E-state index in [0.717, 1.165) is 66.4 Å². The second-order valence-electron chi connectivity index (χ2n) is 11.3. The molecule has 0 bridgehead atoms. The number of para-hydroxylation sites is 1. The Morgan fingerprint density at radius 3 is 2.28 bits per heavy atom. The first-order chi connectivity index (χ1) is 22.3. The van der Waals surface area contributed by atoms with Gasteiger partial charge in [-0.2, -0.15) is 0 Å². The molecule has 3 aromatic carbocycles. The average Bonchev–Trinajstić information content (AvgIpc) is 3.05. The SMILES string of the molecule is COc1ccc(N(C(=O)Oc2c(C)cccc2C)c2ccnc(Cc3cc(C)c(OCCN4CCOCC4)c(C)c3)n2)c(OC)c1. The molecule has 0 saturated carbocycles. The van der Waals surface area contributed by atoms with Gasteiger partial charge in [0, 0.05) is 38.3 Å². The van der Waals surface area contributed by atoms with Gasteiger partial charge in [-0.3, -0.25) is 4.90 Å². The Hall–Kier alpha value is -4.67. The largest absolute Gasteiger partial charge is 0.497 e. The number of nitrogens with zero attached hydrogens (tertiary/aromatic N) is 4. The smallest absolute Gasteiger partial charge is 0.425 e. The number of hydrogen-bond donors (Lipinski definition) is 0. The van der Waals surface area contributed by atoms with Crippen molar-refractivity contribution >= 4 is 17.6 Å². The number of aromatic nitrogens is 2. The van der Waals surface area contributed by atoms with Crippen LogP contribution < -0.4 is 23.8 Å². The van der Waals surface area contributed by atoms with Gasteiger partial charge in [-0.15, -0.1) is 0 Å². The number of amides is 1. The van der Waals surface area contributed by atoms with Gasteiger partial charge in [0.15, 0.2) is 0 Å². The number of anilines is 2. The summed E-state index contributed by atoms with van der Waals surface area (Å²) in [6.45, 7) is 12.8. The van der Waals surface area contributed by atoms with E-state index in [4.69, 9.17) is 28.7 Å². The quantitative estimate of drug-likeness (QED) is 0.188. The van der Waals surface area contributed by atoms with Gasteiger partial charge in [-0.25, -0.2) is 19.7 Å². The van der Waals surface area contributed by atoms with E-state index in [-0.39, 0.29) is 0 Å². The van der Waals surface area contributed by atoms with Gasteiger partial charge in [0.05, 0.1) is 33.1 Å². The highest BCUT2D eigenvalue weighted by atomic mass is 16.6. The lowest BCUT2D eigenvalue weighted by Gasteiger charge is -2.26. The summed E-state index contributed by atoms with van der Waals surface area (Å²) in [6, 6.07) is 16.8. The topological polar surface area (TPSA) is 95.5 Å². The van der Waals surface area contributed by atoms with Crippen molar-refractivity contribution in [2.45, 2.75) is 34.1 Å². The lowest BCUT2D eigenvalue weighted by atomic mass is 10.0. The van der Waals surface area contributed by atoms with E-state index in [2.05, 4.69) is 35.9 Å². The number of benzene rings is 3. The minimum absolute atomic E-state index is 0.348. The van der Waals surface area contributed by atoms with Gasteiger partial charge in [0.25, 0.3) is 0 Å². The maximum Gasteiger partial charge on any atom is 0.425 e. The molecule has 1 fully saturated rings. The molecule has 242 valence electrons. The van der Waals surface area contributed by atoms with Crippen LogP contribution in [0.3, 0.4) is 0 Å². The molecule has 0 atom stereocenters. The molecule has 10 nitrogen and oxygen atoms in total. The van der Waals surface area contributed by atoms with E-state index in [1.54, 1.807) is 44.7 Å². The molecule has 10 heteroatoms. The number of hydrogen-bond acceptors (Lipinski definition) is 9. The lowest BCUT2D eigenvalue weighted by molar-refractivity contribution is 0.0322. The summed E-state index contributed by atoms with van der Waals surface area (Å²) in [7, 11) is 3.12. The molecule has 1 aliphatic rings. The Morgan fingerprint density at radius 1 is 0.891 bits per heavy atom. The highest BCUT2D eigenvalue weighted by molar-refractivity contribution is 5.98. The zero-order chi connectivity index (χ0) is 32.6. The van der Waals surface area contributed by atoms with E-state index in [0.29, 0.717) is 47.6 Å². The van der Waals surface area contributed by atoms with Crippen LogP contribution in [0.2, 0.25) is 0 Å². The van der Waals surface area contributed by atoms with Crippen molar-refractivity contribution in [3.8, 4) is 23.0 Å². The first kappa shape index (κ1) is 32.7. The summed E-state index contributed by atoms with van der Waals surface area (Å²) in [6.07, 6.45) is 1.48. The summed E-state index contributed by atoms with van der Waals surface area (Å²) in [4.78, 5) is 27.1. The zero-order valence-electron chi connectivity index (χ0n) is 27.5. The molecule has 1 aromatic heterocycles. The molecule has 1 aliphatic heterocycles. The fourth-order valence-electron chi connectivity index (χ4n) is 5.63. The second kappa shape index (κ2) is 15.1. The van der Waals surface area contributed by atoms with Crippen molar-refractivity contribution in [1.29, 1.82) is 0 Å². The van der Waals surface area contributed by atoms with Crippen molar-refractivity contribution in [2.75, 3.05) is 58.6 Å². The number of methoxy groups -OCH3 is 2. The summed E-state index contributed by atoms with van der Waals surface area (Å²) in [5.41, 5.74) is 5.29. The summed E-state index contributed by atoms with van der Waals surface area (Å²) in [5, 5.41) is 0. The van der Waals surface area contributed by atoms with Gasteiger partial charge in [0.2, 0.25) is 0 Å². The molecule has 0 aliphatic carbocycles. The minimum Gasteiger partial charge on any atom is -0.497 e. The fourth-order valence-corrected chi connectivity index (χ4v) is 5.63. The fraction of sp³-hybridized carbons (Fsp3) is 0.361. The van der Waals surface area contributed by atoms with Gasteiger partial charge >= 0.3 is 6.09 Å². The van der Waals surface area contributed by atoms with Gasteiger partial charge in [-0.1, -0.05) is 30.3 Å². The van der Waals surface area contributed by atoms with Crippen LogP contribution in [-0.4, -0.2) is 74.6 Å². The molecule has 4 aromatic rings. The summed E-state index contributed by atoms with van der Waals surface area (Å²) in [5.74, 6) is 3.31. The third-order valence-corrected chi connectivity index (χ3v) is 7.97. The Balaban J connectivity index is 1.41. The summed E-state index contributed by atoms with van der Waals surface area (Å²) < 4.78 is 28.7. The van der Waals surface area contributed by atoms with Crippen molar-refractivity contribution in [1.82, 2.24) is 14.9 Å². The molecule has 1 saturated heterocycles. The van der Waals surface area contributed by atoms with Crippen LogP contribution in [0.1, 0.15) is 33.6 Å². The number of ether oxygens (including phenoxy) is 5. The van der Waals surface area contributed by atoms with E-state index in [1.807, 2.05) is 32.0 Å². The average molecular weight is 627 g/mol. The second-order valence-corrected chi connectivity index (χ2v) is 11.3. The highest BCUT2D eigenvalue weighted by Gasteiger charge is 2.27. The highest BCUT2D eigenvalue weighted by Crippen LogP contribution is 2.37. The number of carbonyl (C=O) groups excluding carboxylic acids is 1. The van der Waals surface area contributed by atoms with Crippen LogP contribution in [0.4, 0.5) is 16.3 Å². The van der Waals surface area contributed by atoms with Crippen LogP contribution in [0.15, 0.2) is 60.8 Å². The van der Waals surface area contributed by atoms with Crippen molar-refractivity contribution in [3.05, 3.63) is 94.4 Å². The van der Waals surface area contributed by atoms with Crippen molar-refractivity contribution in [2.24, 2.45) is 0 Å². The molecule has 46 heavy (non-hydrogen) atoms. The Labute approximate surface area is 270 Å². The molecular weight excluding hydrogens is 584 g/mol. The third kappa shape index (κ3) is 7.75. The number of morpholine rings is 1. The van der Waals surface area contributed by atoms with Gasteiger partial charge < -0.3 is 23.7 Å². The van der Waals surface area contributed by atoms with Crippen molar-refractivity contribution in [3.63, 3.8) is 0 Å². The van der Waals surface area contributed by atoms with Gasteiger partial charge in [0.1, 0.15) is 41.2 Å². The molecule has 0 unspecified atom stereocenters. The Kier molecular flexibility index (Phi) is 10.7. The predicted molar refractivity (Wildman–Crippen MR) is 177 cm³/mol. The van der Waals surface area contributed by atoms with Crippen LogP contribution >= 0.6 is 0 Å². The molecule has 0 spiro atoms. The first-order valence-electron chi connectivity index (χ1n) is 15.4. The Bertz CT molecular complexity index is 1630. The van der Waals surface area contributed by atoms with E-state index in [9.17, 15) is 4.79 Å².